The number of H-pyrrole nitrogens is 1. The topological polar surface area (TPSA) is 70.6 Å². The smallest absolute Gasteiger partial charge is 0.266 e. The lowest BCUT2D eigenvalue weighted by atomic mass is 10.1. The van der Waals surface area contributed by atoms with E-state index in [4.69, 9.17) is 17.0 Å². The number of nitrogens with zero attached hydrogens (tertiary/aromatic N) is 3. The fourth-order valence-corrected chi connectivity index (χ4v) is 4.64. The second-order valence-corrected chi connectivity index (χ2v) is 8.65. The fraction of sp³-hybridized carbons (Fsp3) is 0.192. The Kier molecular flexibility index (Phi) is 6.08. The predicted molar refractivity (Wildman–Crippen MR) is 136 cm³/mol. The highest BCUT2D eigenvalue weighted by Gasteiger charge is 2.23. The van der Waals surface area contributed by atoms with Crippen molar-refractivity contribution in [2.24, 2.45) is 0 Å². The van der Waals surface area contributed by atoms with Crippen molar-refractivity contribution >= 4 is 34.7 Å². The molecule has 0 bridgehead atoms. The van der Waals surface area contributed by atoms with E-state index in [9.17, 15) is 14.0 Å². The van der Waals surface area contributed by atoms with Gasteiger partial charge >= 0.3 is 0 Å². The van der Waals surface area contributed by atoms with Crippen LogP contribution in [0.4, 0.5) is 10.1 Å². The number of halogens is 1. The van der Waals surface area contributed by atoms with Crippen LogP contribution in [0.25, 0.3) is 16.6 Å². The van der Waals surface area contributed by atoms with Crippen molar-refractivity contribution in [1.29, 1.82) is 0 Å². The number of methoxy groups -OCH3 is 1. The van der Waals surface area contributed by atoms with Crippen LogP contribution in [0.2, 0.25) is 0 Å². The second kappa shape index (κ2) is 9.34. The van der Waals surface area contributed by atoms with Crippen molar-refractivity contribution in [3.8, 4) is 11.4 Å². The minimum atomic E-state index is -0.547. The van der Waals surface area contributed by atoms with E-state index in [-0.39, 0.29) is 16.4 Å². The Morgan fingerprint density at radius 2 is 1.71 bits per heavy atom. The zero-order valence-corrected chi connectivity index (χ0v) is 19.8. The van der Waals surface area contributed by atoms with E-state index >= 15 is 0 Å². The zero-order chi connectivity index (χ0) is 24.5. The van der Waals surface area contributed by atoms with Gasteiger partial charge in [0.25, 0.3) is 11.5 Å². The number of piperazine rings is 1. The van der Waals surface area contributed by atoms with Crippen molar-refractivity contribution in [2.75, 3.05) is 38.2 Å². The van der Waals surface area contributed by atoms with E-state index in [0.29, 0.717) is 42.6 Å². The summed E-state index contributed by atoms with van der Waals surface area (Å²) in [4.78, 5) is 33.3. The maximum Gasteiger partial charge on any atom is 0.266 e. The number of fused-ring (bicyclic) bond motifs is 1. The molecule has 1 amide bonds. The van der Waals surface area contributed by atoms with Crippen molar-refractivity contribution in [1.82, 2.24) is 14.5 Å². The summed E-state index contributed by atoms with van der Waals surface area (Å²) in [6.45, 7) is 2.57. The van der Waals surface area contributed by atoms with Crippen LogP contribution in [0.5, 0.6) is 5.75 Å². The Labute approximate surface area is 206 Å². The van der Waals surface area contributed by atoms with Gasteiger partial charge in [0.1, 0.15) is 11.6 Å². The summed E-state index contributed by atoms with van der Waals surface area (Å²) in [5.41, 5.74) is 1.62. The molecule has 1 saturated heterocycles. The highest BCUT2D eigenvalue weighted by Crippen LogP contribution is 2.22. The lowest BCUT2D eigenvalue weighted by Gasteiger charge is -2.36. The Balaban J connectivity index is 1.37. The average Bonchev–Trinajstić information content (AvgIpc) is 2.89. The SMILES string of the molecule is COc1ccc(N2CCN(C(=O)c3ccc4c(=O)n(-c5ccccc5F)c(=S)[nH]c4c3)CC2)cc1. The Morgan fingerprint density at radius 1 is 1.00 bits per heavy atom. The van der Waals surface area contributed by atoms with Crippen molar-refractivity contribution in [3.05, 3.63) is 93.2 Å². The second-order valence-electron chi connectivity index (χ2n) is 8.26. The van der Waals surface area contributed by atoms with Crippen LogP contribution >= 0.6 is 12.2 Å². The number of aromatic nitrogens is 2. The van der Waals surface area contributed by atoms with Gasteiger partial charge in [-0.1, -0.05) is 12.1 Å². The number of carbonyl (C=O) groups is 1. The van der Waals surface area contributed by atoms with Gasteiger partial charge in [0.05, 0.1) is 23.7 Å². The van der Waals surface area contributed by atoms with Gasteiger partial charge in [-0.3, -0.25) is 9.59 Å². The van der Waals surface area contributed by atoms with E-state index in [1.807, 2.05) is 24.3 Å². The third kappa shape index (κ3) is 4.30. The average molecular weight is 491 g/mol. The highest BCUT2D eigenvalue weighted by molar-refractivity contribution is 7.71. The summed E-state index contributed by atoms with van der Waals surface area (Å²) in [5.74, 6) is 0.145. The molecule has 35 heavy (non-hydrogen) atoms. The monoisotopic (exact) mass is 490 g/mol. The number of nitrogens with one attached hydrogen (secondary N) is 1. The minimum Gasteiger partial charge on any atom is -0.497 e. The number of amides is 1. The van der Waals surface area contributed by atoms with E-state index in [2.05, 4.69) is 9.88 Å². The van der Waals surface area contributed by atoms with E-state index in [1.54, 1.807) is 42.3 Å². The number of para-hydroxylation sites is 1. The molecule has 0 aliphatic carbocycles. The summed E-state index contributed by atoms with van der Waals surface area (Å²) in [5, 5.41) is 0.322. The number of aromatic amines is 1. The molecule has 2 heterocycles. The van der Waals surface area contributed by atoms with Crippen LogP contribution in [-0.4, -0.2) is 53.6 Å². The van der Waals surface area contributed by atoms with Crippen LogP contribution in [0.3, 0.4) is 0 Å². The van der Waals surface area contributed by atoms with Crippen LogP contribution in [0.15, 0.2) is 71.5 Å². The lowest BCUT2D eigenvalue weighted by molar-refractivity contribution is 0.0747. The van der Waals surface area contributed by atoms with E-state index in [1.165, 1.54) is 12.1 Å². The molecular weight excluding hydrogens is 467 g/mol. The van der Waals surface area contributed by atoms with Crippen LogP contribution in [0, 0.1) is 10.6 Å². The third-order valence-electron chi connectivity index (χ3n) is 6.24. The normalized spacial score (nSPS) is 13.8. The molecule has 0 radical (unpaired) electrons. The third-order valence-corrected chi connectivity index (χ3v) is 6.53. The first-order valence-corrected chi connectivity index (χ1v) is 11.6. The predicted octanol–water partition coefficient (Wildman–Crippen LogP) is 4.16. The Hall–Kier alpha value is -3.98. The maximum atomic E-state index is 14.3. The molecule has 0 atom stereocenters. The molecule has 1 aliphatic rings. The van der Waals surface area contributed by atoms with Crippen molar-refractivity contribution in [3.63, 3.8) is 0 Å². The zero-order valence-electron chi connectivity index (χ0n) is 19.0. The van der Waals surface area contributed by atoms with Gasteiger partial charge < -0.3 is 19.5 Å². The Morgan fingerprint density at radius 3 is 2.40 bits per heavy atom. The van der Waals surface area contributed by atoms with E-state index in [0.717, 1.165) is 16.0 Å². The molecule has 5 rings (SSSR count). The highest BCUT2D eigenvalue weighted by atomic mass is 32.1. The standard InChI is InChI=1S/C26H23FN4O3S/c1-34-19-9-7-18(8-10-19)29-12-14-30(15-13-29)24(32)17-6-11-20-22(16-17)28-26(35)31(25(20)33)23-5-3-2-4-21(23)27/h2-11,16H,12-15H2,1H3,(H,28,35). The number of ether oxygens (including phenoxy) is 1. The lowest BCUT2D eigenvalue weighted by Crippen LogP contribution is -2.48. The summed E-state index contributed by atoms with van der Waals surface area (Å²) in [7, 11) is 1.64. The number of anilines is 1. The molecular formula is C26H23FN4O3S. The molecule has 3 aromatic carbocycles. The molecule has 1 fully saturated rings. The molecule has 1 aromatic heterocycles. The summed E-state index contributed by atoms with van der Waals surface area (Å²) >= 11 is 5.35. The quantitative estimate of drug-likeness (QED) is 0.435. The van der Waals surface area contributed by atoms with Gasteiger partial charge in [0.2, 0.25) is 0 Å². The number of hydrogen-bond acceptors (Lipinski definition) is 5. The van der Waals surface area contributed by atoms with Crippen molar-refractivity contribution in [2.45, 2.75) is 0 Å². The first-order chi connectivity index (χ1) is 17.0. The molecule has 0 spiro atoms. The number of hydrogen-bond donors (Lipinski definition) is 1. The van der Waals surface area contributed by atoms with Crippen LogP contribution in [-0.2, 0) is 0 Å². The van der Waals surface area contributed by atoms with Crippen LogP contribution < -0.4 is 15.2 Å². The minimum absolute atomic E-state index is 0.0605. The van der Waals surface area contributed by atoms with Gasteiger partial charge in [-0.05, 0) is 66.8 Å². The van der Waals surface area contributed by atoms with Gasteiger partial charge in [-0.15, -0.1) is 0 Å². The number of carbonyl (C=O) groups excluding carboxylic acids is 1. The molecule has 0 unspecified atom stereocenters. The number of rotatable bonds is 4. The largest absolute Gasteiger partial charge is 0.497 e. The fourth-order valence-electron chi connectivity index (χ4n) is 4.35. The molecule has 0 saturated carbocycles. The molecule has 7 nitrogen and oxygen atoms in total. The molecule has 1 aliphatic heterocycles. The van der Waals surface area contributed by atoms with E-state index < -0.39 is 11.4 Å². The van der Waals surface area contributed by atoms with Gasteiger partial charge in [0, 0.05) is 37.4 Å². The summed E-state index contributed by atoms with van der Waals surface area (Å²) in [6.07, 6.45) is 0. The summed E-state index contributed by atoms with van der Waals surface area (Å²) < 4.78 is 20.7. The first kappa shape index (κ1) is 22.8. The van der Waals surface area contributed by atoms with Crippen LogP contribution in [0.1, 0.15) is 10.4 Å². The Bertz CT molecular complexity index is 1520. The number of benzene rings is 3. The summed E-state index contributed by atoms with van der Waals surface area (Å²) in [6, 6.07) is 18.7. The first-order valence-electron chi connectivity index (χ1n) is 11.2. The molecule has 1 N–H and O–H groups in total. The maximum absolute atomic E-state index is 14.3. The molecule has 4 aromatic rings. The van der Waals surface area contributed by atoms with Gasteiger partial charge in [-0.2, -0.15) is 0 Å². The van der Waals surface area contributed by atoms with Gasteiger partial charge in [0.15, 0.2) is 4.77 Å². The molecule has 9 heteroatoms. The molecule has 178 valence electrons. The van der Waals surface area contributed by atoms with Crippen molar-refractivity contribution < 1.29 is 13.9 Å². The van der Waals surface area contributed by atoms with Gasteiger partial charge in [-0.25, -0.2) is 8.96 Å².